The highest BCUT2D eigenvalue weighted by Crippen LogP contribution is 2.25. The Morgan fingerprint density at radius 3 is 2.07 bits per heavy atom. The average molecular weight is 225 g/mol. The van der Waals surface area contributed by atoms with Crippen LogP contribution in [0.25, 0.3) is 0 Å². The highest BCUT2D eigenvalue weighted by Gasteiger charge is 2.32. The highest BCUT2D eigenvalue weighted by atomic mass is 28.3. The van der Waals surface area contributed by atoms with Crippen molar-refractivity contribution < 1.29 is 0 Å². The first-order valence-corrected chi connectivity index (χ1v) is 9.15. The summed E-state index contributed by atoms with van der Waals surface area (Å²) in [6.45, 7) is 13.9. The lowest BCUT2D eigenvalue weighted by Crippen LogP contribution is -2.49. The second kappa shape index (κ2) is 5.85. The van der Waals surface area contributed by atoms with Gasteiger partial charge in [0.1, 0.15) is 0 Å². The molecule has 0 aliphatic carbocycles. The van der Waals surface area contributed by atoms with Gasteiger partial charge in [-0.3, -0.25) is 0 Å². The summed E-state index contributed by atoms with van der Waals surface area (Å²) in [5.41, 5.74) is 0. The van der Waals surface area contributed by atoms with E-state index in [9.17, 15) is 0 Å². The number of likely N-dealkylation sites (tertiary alicyclic amines) is 1. The molecular formula is C13H27NSi. The van der Waals surface area contributed by atoms with Gasteiger partial charge in [0.15, 0.2) is 0 Å². The largest absolute Gasteiger partial charge is 0.306 e. The first kappa shape index (κ1) is 13.0. The summed E-state index contributed by atoms with van der Waals surface area (Å²) in [6.07, 6.45) is 5.63. The molecule has 88 valence electrons. The van der Waals surface area contributed by atoms with Gasteiger partial charge in [0, 0.05) is 0 Å². The Morgan fingerprint density at radius 1 is 1.13 bits per heavy atom. The van der Waals surface area contributed by atoms with Gasteiger partial charge in [0.2, 0.25) is 0 Å². The predicted molar refractivity (Wildman–Crippen MR) is 71.8 cm³/mol. The van der Waals surface area contributed by atoms with Crippen LogP contribution < -0.4 is 0 Å². The fraction of sp³-hybridized carbons (Fsp3) is 0.846. The van der Waals surface area contributed by atoms with Gasteiger partial charge in [-0.15, -0.1) is 6.58 Å². The van der Waals surface area contributed by atoms with Gasteiger partial charge >= 0.3 is 0 Å². The molecule has 0 bridgehead atoms. The Kier molecular flexibility index (Phi) is 5.07. The molecular weight excluding hydrogens is 198 g/mol. The zero-order chi connectivity index (χ0) is 11.3. The van der Waals surface area contributed by atoms with Crippen LogP contribution in [0.4, 0.5) is 0 Å². The molecule has 0 saturated carbocycles. The number of hydrogen-bond acceptors (Lipinski definition) is 1. The molecule has 0 amide bonds. The molecule has 1 heterocycles. The summed E-state index contributed by atoms with van der Waals surface area (Å²) in [6, 6.07) is 2.74. The van der Waals surface area contributed by atoms with Crippen LogP contribution in [0.1, 0.15) is 40.0 Å². The molecule has 2 heteroatoms. The minimum atomic E-state index is -1.18. The summed E-state index contributed by atoms with van der Waals surface area (Å²) >= 11 is 0. The van der Waals surface area contributed by atoms with E-state index in [1.807, 2.05) is 0 Å². The van der Waals surface area contributed by atoms with Crippen LogP contribution >= 0.6 is 0 Å². The van der Waals surface area contributed by atoms with E-state index in [-0.39, 0.29) is 0 Å². The highest BCUT2D eigenvalue weighted by molar-refractivity contribution is 6.86. The average Bonchev–Trinajstić information content (AvgIpc) is 2.27. The molecule has 15 heavy (non-hydrogen) atoms. The van der Waals surface area contributed by atoms with Gasteiger partial charge in [-0.05, 0) is 39.0 Å². The van der Waals surface area contributed by atoms with Crippen LogP contribution in [0.5, 0.6) is 0 Å². The molecule has 0 N–H and O–H groups in total. The third-order valence-corrected chi connectivity index (χ3v) is 9.80. The Labute approximate surface area is 96.6 Å². The van der Waals surface area contributed by atoms with E-state index in [0.29, 0.717) is 0 Å². The Bertz CT molecular complexity index is 203. The SMILES string of the molecule is C=C(C)[Si](CC)(CC)CN1CCCCC1. The van der Waals surface area contributed by atoms with E-state index in [0.717, 1.165) is 0 Å². The van der Waals surface area contributed by atoms with Crippen LogP contribution in [0, 0.1) is 0 Å². The quantitative estimate of drug-likeness (QED) is 0.646. The number of hydrogen-bond donors (Lipinski definition) is 0. The van der Waals surface area contributed by atoms with Crippen molar-refractivity contribution in [1.82, 2.24) is 4.90 Å². The van der Waals surface area contributed by atoms with Gasteiger partial charge in [-0.2, -0.15) is 0 Å². The van der Waals surface area contributed by atoms with Crippen molar-refractivity contribution >= 4 is 8.07 Å². The molecule has 1 aliphatic heterocycles. The number of piperidine rings is 1. The van der Waals surface area contributed by atoms with E-state index in [2.05, 4.69) is 32.3 Å². The zero-order valence-electron chi connectivity index (χ0n) is 10.8. The summed E-state index contributed by atoms with van der Waals surface area (Å²) in [5, 5.41) is 1.51. The van der Waals surface area contributed by atoms with Crippen LogP contribution in [-0.4, -0.2) is 32.2 Å². The molecule has 0 aromatic carbocycles. The maximum Gasteiger partial charge on any atom is 0.0941 e. The number of nitrogens with zero attached hydrogens (tertiary/aromatic N) is 1. The van der Waals surface area contributed by atoms with Gasteiger partial charge in [-0.25, -0.2) is 0 Å². The van der Waals surface area contributed by atoms with Crippen LogP contribution in [-0.2, 0) is 0 Å². The van der Waals surface area contributed by atoms with Crippen molar-refractivity contribution in [2.24, 2.45) is 0 Å². The third-order valence-electron chi connectivity index (χ3n) is 4.23. The summed E-state index contributed by atoms with van der Waals surface area (Å²) in [7, 11) is -1.18. The molecule has 1 nitrogen and oxygen atoms in total. The second-order valence-electron chi connectivity index (χ2n) is 5.10. The molecule has 0 radical (unpaired) electrons. The Hall–Kier alpha value is -0.0831. The molecule has 0 unspecified atom stereocenters. The third kappa shape index (κ3) is 3.18. The molecule has 0 aromatic heterocycles. The van der Waals surface area contributed by atoms with E-state index in [4.69, 9.17) is 0 Å². The van der Waals surface area contributed by atoms with Crippen LogP contribution in [0.2, 0.25) is 12.1 Å². The van der Waals surface area contributed by atoms with Gasteiger partial charge in [0.25, 0.3) is 0 Å². The summed E-state index contributed by atoms with van der Waals surface area (Å²) in [5.74, 6) is 0. The minimum Gasteiger partial charge on any atom is -0.306 e. The van der Waals surface area contributed by atoms with Crippen molar-refractivity contribution in [3.05, 3.63) is 11.8 Å². The van der Waals surface area contributed by atoms with E-state index in [1.165, 1.54) is 55.8 Å². The fourth-order valence-corrected chi connectivity index (χ4v) is 6.35. The Balaban J connectivity index is 2.60. The lowest BCUT2D eigenvalue weighted by molar-refractivity contribution is 0.258. The van der Waals surface area contributed by atoms with Crippen molar-refractivity contribution in [3.8, 4) is 0 Å². The van der Waals surface area contributed by atoms with E-state index >= 15 is 0 Å². The molecule has 1 saturated heterocycles. The van der Waals surface area contributed by atoms with E-state index in [1.54, 1.807) is 0 Å². The van der Waals surface area contributed by atoms with Crippen molar-refractivity contribution in [3.63, 3.8) is 0 Å². The van der Waals surface area contributed by atoms with Crippen molar-refractivity contribution in [1.29, 1.82) is 0 Å². The smallest absolute Gasteiger partial charge is 0.0941 e. The van der Waals surface area contributed by atoms with Gasteiger partial charge < -0.3 is 4.90 Å². The zero-order valence-corrected chi connectivity index (χ0v) is 11.8. The van der Waals surface area contributed by atoms with Crippen molar-refractivity contribution in [2.75, 3.05) is 19.3 Å². The fourth-order valence-electron chi connectivity index (χ4n) is 2.76. The lowest BCUT2D eigenvalue weighted by atomic mass is 10.1. The van der Waals surface area contributed by atoms with Crippen molar-refractivity contribution in [2.45, 2.75) is 52.1 Å². The molecule has 0 atom stereocenters. The molecule has 0 spiro atoms. The molecule has 1 fully saturated rings. The maximum absolute atomic E-state index is 4.27. The molecule has 1 aliphatic rings. The summed E-state index contributed by atoms with van der Waals surface area (Å²) in [4.78, 5) is 2.71. The van der Waals surface area contributed by atoms with Gasteiger partial charge in [-0.1, -0.05) is 37.6 Å². The predicted octanol–water partition coefficient (Wildman–Crippen LogP) is 3.62. The summed E-state index contributed by atoms with van der Waals surface area (Å²) < 4.78 is 0. The normalized spacial score (nSPS) is 19.1. The monoisotopic (exact) mass is 225 g/mol. The topological polar surface area (TPSA) is 3.24 Å². The Morgan fingerprint density at radius 2 is 1.67 bits per heavy atom. The number of rotatable bonds is 5. The minimum absolute atomic E-state index is 1.18. The lowest BCUT2D eigenvalue weighted by Gasteiger charge is -2.37. The number of allylic oxidation sites excluding steroid dienone is 1. The van der Waals surface area contributed by atoms with E-state index < -0.39 is 8.07 Å². The second-order valence-corrected chi connectivity index (χ2v) is 10.2. The first-order chi connectivity index (χ1) is 7.14. The van der Waals surface area contributed by atoms with Gasteiger partial charge in [0.05, 0.1) is 8.07 Å². The van der Waals surface area contributed by atoms with Crippen LogP contribution in [0.15, 0.2) is 11.8 Å². The maximum atomic E-state index is 4.27. The molecule has 0 aromatic rings. The molecule has 1 rings (SSSR count). The first-order valence-electron chi connectivity index (χ1n) is 6.53. The standard InChI is InChI=1S/C13H27NSi/c1-5-15(6-2,13(3)4)12-14-10-8-7-9-11-14/h3,5-12H2,1-2,4H3. The van der Waals surface area contributed by atoms with Crippen LogP contribution in [0.3, 0.4) is 0 Å².